The number of fused-ring (bicyclic) bond motifs is 1. The lowest BCUT2D eigenvalue weighted by Gasteiger charge is -2.23. The summed E-state index contributed by atoms with van der Waals surface area (Å²) in [6, 6.07) is 12.5. The lowest BCUT2D eigenvalue weighted by Crippen LogP contribution is -2.32. The minimum Gasteiger partial charge on any atom is -0.497 e. The number of aromatic nitrogens is 3. The van der Waals surface area contributed by atoms with Crippen LogP contribution in [0.2, 0.25) is 0 Å². The highest BCUT2D eigenvalue weighted by atomic mass is 16.5. The molecule has 3 heterocycles. The summed E-state index contributed by atoms with van der Waals surface area (Å²) in [5.74, 6) is 0.841. The summed E-state index contributed by atoms with van der Waals surface area (Å²) in [5, 5.41) is 9.46. The zero-order chi connectivity index (χ0) is 15.6. The SMILES string of the molecule is COc1cccc(-c2nn([C@@H]3CCCNC3)c3ncccc23)c1. The Morgan fingerprint density at radius 2 is 2.22 bits per heavy atom. The molecule has 1 saturated heterocycles. The minimum absolute atomic E-state index is 0.362. The first-order valence-electron chi connectivity index (χ1n) is 8.05. The summed E-state index contributed by atoms with van der Waals surface area (Å²) in [5.41, 5.74) is 2.99. The van der Waals surface area contributed by atoms with Crippen molar-refractivity contribution in [3.8, 4) is 17.0 Å². The molecule has 1 fully saturated rings. The van der Waals surface area contributed by atoms with Crippen LogP contribution in [0.15, 0.2) is 42.6 Å². The second-order valence-corrected chi connectivity index (χ2v) is 5.90. The Balaban J connectivity index is 1.86. The van der Waals surface area contributed by atoms with E-state index in [1.165, 1.54) is 6.42 Å². The molecule has 5 heteroatoms. The highest BCUT2D eigenvalue weighted by molar-refractivity contribution is 5.91. The normalized spacial score (nSPS) is 18.2. The number of benzene rings is 1. The van der Waals surface area contributed by atoms with Gasteiger partial charge in [-0.2, -0.15) is 5.10 Å². The molecule has 0 amide bonds. The van der Waals surface area contributed by atoms with E-state index in [9.17, 15) is 0 Å². The molecule has 1 aromatic carbocycles. The van der Waals surface area contributed by atoms with Crippen LogP contribution in [0, 0.1) is 0 Å². The van der Waals surface area contributed by atoms with Gasteiger partial charge in [0.1, 0.15) is 11.4 Å². The number of methoxy groups -OCH3 is 1. The van der Waals surface area contributed by atoms with Gasteiger partial charge in [-0.1, -0.05) is 12.1 Å². The molecule has 0 radical (unpaired) electrons. The maximum atomic E-state index is 5.35. The fourth-order valence-corrected chi connectivity index (χ4v) is 3.25. The van der Waals surface area contributed by atoms with Gasteiger partial charge in [-0.15, -0.1) is 0 Å². The van der Waals surface area contributed by atoms with Gasteiger partial charge >= 0.3 is 0 Å². The lowest BCUT2D eigenvalue weighted by atomic mass is 10.1. The average Bonchev–Trinajstić information content (AvgIpc) is 3.02. The van der Waals surface area contributed by atoms with Crippen LogP contribution in [-0.4, -0.2) is 35.0 Å². The molecule has 1 aliphatic heterocycles. The minimum atomic E-state index is 0.362. The van der Waals surface area contributed by atoms with E-state index in [1.54, 1.807) is 7.11 Å². The summed E-state index contributed by atoms with van der Waals surface area (Å²) in [7, 11) is 1.69. The zero-order valence-corrected chi connectivity index (χ0v) is 13.2. The van der Waals surface area contributed by atoms with Crippen LogP contribution in [0.3, 0.4) is 0 Å². The molecule has 4 rings (SSSR count). The van der Waals surface area contributed by atoms with Crippen molar-refractivity contribution in [1.82, 2.24) is 20.1 Å². The molecule has 2 aromatic heterocycles. The molecule has 0 saturated carbocycles. The Morgan fingerprint density at radius 1 is 1.26 bits per heavy atom. The van der Waals surface area contributed by atoms with Gasteiger partial charge in [0.25, 0.3) is 0 Å². The number of nitrogens with one attached hydrogen (secondary N) is 1. The Hall–Kier alpha value is -2.40. The van der Waals surface area contributed by atoms with Crippen LogP contribution in [-0.2, 0) is 0 Å². The van der Waals surface area contributed by atoms with Crippen LogP contribution in [0.1, 0.15) is 18.9 Å². The number of rotatable bonds is 3. The molecule has 0 aliphatic carbocycles. The van der Waals surface area contributed by atoms with Crippen molar-refractivity contribution in [2.45, 2.75) is 18.9 Å². The maximum absolute atomic E-state index is 5.35. The molecule has 0 bridgehead atoms. The van der Waals surface area contributed by atoms with Gasteiger partial charge in [-0.3, -0.25) is 0 Å². The fourth-order valence-electron chi connectivity index (χ4n) is 3.25. The van der Waals surface area contributed by atoms with Crippen LogP contribution in [0.25, 0.3) is 22.3 Å². The fraction of sp³-hybridized carbons (Fsp3) is 0.333. The molecule has 1 atom stereocenters. The Labute approximate surface area is 135 Å². The van der Waals surface area contributed by atoms with E-state index in [4.69, 9.17) is 9.84 Å². The number of ether oxygens (including phenoxy) is 1. The highest BCUT2D eigenvalue weighted by Crippen LogP contribution is 2.31. The quantitative estimate of drug-likeness (QED) is 0.808. The molecule has 23 heavy (non-hydrogen) atoms. The van der Waals surface area contributed by atoms with Crippen molar-refractivity contribution in [2.75, 3.05) is 20.2 Å². The van der Waals surface area contributed by atoms with Crippen molar-refractivity contribution >= 4 is 11.0 Å². The van der Waals surface area contributed by atoms with Crippen LogP contribution in [0.5, 0.6) is 5.75 Å². The zero-order valence-electron chi connectivity index (χ0n) is 13.2. The van der Waals surface area contributed by atoms with Crippen LogP contribution < -0.4 is 10.1 Å². The first kappa shape index (κ1) is 14.2. The Kier molecular flexibility index (Phi) is 3.71. The smallest absolute Gasteiger partial charge is 0.158 e. The maximum Gasteiger partial charge on any atom is 0.158 e. The molecule has 1 aliphatic rings. The summed E-state index contributed by atoms with van der Waals surface area (Å²) in [6.07, 6.45) is 4.15. The Bertz CT molecular complexity index is 821. The molecule has 1 N–H and O–H groups in total. The van der Waals surface area contributed by atoms with Gasteiger partial charge in [-0.25, -0.2) is 9.67 Å². The number of piperidine rings is 1. The van der Waals surface area contributed by atoms with E-state index < -0.39 is 0 Å². The predicted molar refractivity (Wildman–Crippen MR) is 90.7 cm³/mol. The summed E-state index contributed by atoms with van der Waals surface area (Å²) < 4.78 is 7.44. The predicted octanol–water partition coefficient (Wildman–Crippen LogP) is 3.03. The third-order valence-electron chi connectivity index (χ3n) is 4.43. The van der Waals surface area contributed by atoms with Crippen molar-refractivity contribution < 1.29 is 4.74 Å². The number of hydrogen-bond donors (Lipinski definition) is 1. The topological polar surface area (TPSA) is 52.0 Å². The Morgan fingerprint density at radius 3 is 3.04 bits per heavy atom. The third-order valence-corrected chi connectivity index (χ3v) is 4.43. The molecule has 5 nitrogen and oxygen atoms in total. The largest absolute Gasteiger partial charge is 0.497 e. The second-order valence-electron chi connectivity index (χ2n) is 5.90. The second kappa shape index (κ2) is 6.01. The average molecular weight is 308 g/mol. The van der Waals surface area contributed by atoms with Crippen molar-refractivity contribution in [3.05, 3.63) is 42.6 Å². The van der Waals surface area contributed by atoms with Gasteiger partial charge in [0.15, 0.2) is 5.65 Å². The highest BCUT2D eigenvalue weighted by Gasteiger charge is 2.21. The van der Waals surface area contributed by atoms with E-state index in [0.717, 1.165) is 47.6 Å². The first-order chi connectivity index (χ1) is 11.4. The van der Waals surface area contributed by atoms with Gasteiger partial charge < -0.3 is 10.1 Å². The number of hydrogen-bond acceptors (Lipinski definition) is 4. The van der Waals surface area contributed by atoms with Gasteiger partial charge in [0, 0.05) is 23.7 Å². The molecule has 0 spiro atoms. The molecule has 118 valence electrons. The van der Waals surface area contributed by atoms with Gasteiger partial charge in [0.2, 0.25) is 0 Å². The van der Waals surface area contributed by atoms with E-state index >= 15 is 0 Å². The number of nitrogens with zero attached hydrogens (tertiary/aromatic N) is 3. The first-order valence-corrected chi connectivity index (χ1v) is 8.05. The lowest BCUT2D eigenvalue weighted by molar-refractivity contribution is 0.354. The van der Waals surface area contributed by atoms with E-state index in [2.05, 4.69) is 27.1 Å². The van der Waals surface area contributed by atoms with E-state index in [0.29, 0.717) is 6.04 Å². The molecular weight excluding hydrogens is 288 g/mol. The van der Waals surface area contributed by atoms with Crippen molar-refractivity contribution in [3.63, 3.8) is 0 Å². The molecular formula is C18H20N4O. The van der Waals surface area contributed by atoms with Crippen LogP contribution in [0.4, 0.5) is 0 Å². The third kappa shape index (κ3) is 2.57. The van der Waals surface area contributed by atoms with Crippen molar-refractivity contribution in [2.24, 2.45) is 0 Å². The van der Waals surface area contributed by atoms with E-state index in [1.807, 2.05) is 30.5 Å². The summed E-state index contributed by atoms with van der Waals surface area (Å²) >= 11 is 0. The monoisotopic (exact) mass is 308 g/mol. The summed E-state index contributed by atoms with van der Waals surface area (Å²) in [4.78, 5) is 4.59. The van der Waals surface area contributed by atoms with Crippen molar-refractivity contribution in [1.29, 1.82) is 0 Å². The summed E-state index contributed by atoms with van der Waals surface area (Å²) in [6.45, 7) is 2.04. The van der Waals surface area contributed by atoms with Crippen LogP contribution >= 0.6 is 0 Å². The van der Waals surface area contributed by atoms with Gasteiger partial charge in [0.05, 0.1) is 13.2 Å². The van der Waals surface area contributed by atoms with Gasteiger partial charge in [-0.05, 0) is 43.7 Å². The number of pyridine rings is 1. The standard InChI is InChI=1S/C18H20N4O/c1-23-15-7-2-5-13(11-15)17-16-8-4-10-20-18(16)22(21-17)14-6-3-9-19-12-14/h2,4-5,7-8,10-11,14,19H,3,6,9,12H2,1H3/t14-/m1/s1. The van der Waals surface area contributed by atoms with E-state index in [-0.39, 0.29) is 0 Å². The molecule has 3 aromatic rings. The molecule has 0 unspecified atom stereocenters.